The first kappa shape index (κ1) is 84.2. The highest BCUT2D eigenvalue weighted by Gasteiger charge is 2.29. The van der Waals surface area contributed by atoms with Crippen LogP contribution in [0.5, 0.6) is 0 Å². The van der Waals surface area contributed by atoms with Gasteiger partial charge in [0.2, 0.25) is 0 Å². The zero-order valence-electron chi connectivity index (χ0n) is 54.9. The van der Waals surface area contributed by atoms with Crippen LogP contribution in [0.2, 0.25) is 0 Å². The molecule has 0 aliphatic carbocycles. The molecule has 0 aromatic carbocycles. The normalized spacial score (nSPS) is 14.6. The molecule has 5 atom stereocenters. The molecule has 0 bridgehead atoms. The predicted octanol–water partition coefficient (Wildman–Crippen LogP) is 19.0. The molecule has 508 valence electrons. The summed E-state index contributed by atoms with van der Waals surface area (Å²) < 4.78 is 60.8. The average Bonchev–Trinajstić information content (AvgIpc) is 3.70. The van der Waals surface area contributed by atoms with E-state index >= 15 is 0 Å². The van der Waals surface area contributed by atoms with Gasteiger partial charge in [-0.25, -0.2) is 9.13 Å². The van der Waals surface area contributed by atoms with Gasteiger partial charge in [-0.15, -0.1) is 0 Å². The van der Waals surface area contributed by atoms with Crippen molar-refractivity contribution in [3.05, 3.63) is 60.8 Å². The minimum atomic E-state index is -4.91. The van der Waals surface area contributed by atoms with Crippen molar-refractivity contribution in [2.45, 2.75) is 322 Å². The summed E-state index contributed by atoms with van der Waals surface area (Å²) in [5.74, 6) is -1.57. The predicted molar refractivity (Wildman–Crippen MR) is 353 cm³/mol. The summed E-state index contributed by atoms with van der Waals surface area (Å²) in [6.07, 6.45) is 64.4. The van der Waals surface area contributed by atoms with Crippen molar-refractivity contribution >= 4 is 33.6 Å². The van der Waals surface area contributed by atoms with Gasteiger partial charge in [0.05, 0.1) is 26.4 Å². The number of esters is 3. The molecule has 87 heavy (non-hydrogen) atoms. The van der Waals surface area contributed by atoms with Crippen molar-refractivity contribution in [2.75, 3.05) is 39.6 Å². The SMILES string of the molecule is CCCC/C=C\CCCCCCCC(=O)OC(COC(=O)CCCCCCCCCCCCCCC)COP(=O)(O)OCC(O)COP(=O)(O)OCC(O)COC(=O)CCCCCCCCCCCCC/C=C\C/C=C\C/C=C\C/C=C\CCCCC. The Labute approximate surface area is 529 Å². The Morgan fingerprint density at radius 1 is 0.322 bits per heavy atom. The monoisotopic (exact) mass is 1270 g/mol. The highest BCUT2D eigenvalue weighted by molar-refractivity contribution is 7.47. The zero-order chi connectivity index (χ0) is 63.8. The summed E-state index contributed by atoms with van der Waals surface area (Å²) in [6.45, 7) is 2.61. The Morgan fingerprint density at radius 2 is 0.586 bits per heavy atom. The Hall–Kier alpha value is -2.75. The third-order valence-corrected chi connectivity index (χ3v) is 16.6. The van der Waals surface area contributed by atoms with E-state index in [9.17, 15) is 43.5 Å². The van der Waals surface area contributed by atoms with E-state index in [0.29, 0.717) is 19.3 Å². The second-order valence-electron chi connectivity index (χ2n) is 23.3. The summed E-state index contributed by atoms with van der Waals surface area (Å²) in [5.41, 5.74) is 0. The van der Waals surface area contributed by atoms with E-state index in [1.807, 2.05) is 0 Å². The van der Waals surface area contributed by atoms with E-state index in [2.05, 4.69) is 81.5 Å². The average molecular weight is 1270 g/mol. The molecule has 0 aliphatic heterocycles. The fourth-order valence-electron chi connectivity index (χ4n) is 9.36. The lowest BCUT2D eigenvalue weighted by molar-refractivity contribution is -0.161. The molecule has 4 N–H and O–H groups in total. The van der Waals surface area contributed by atoms with Crippen LogP contribution in [0.4, 0.5) is 0 Å². The van der Waals surface area contributed by atoms with Crippen LogP contribution in [0, 0.1) is 0 Å². The number of hydrogen-bond acceptors (Lipinski definition) is 14. The molecule has 0 rings (SSSR count). The molecule has 0 spiro atoms. The van der Waals surface area contributed by atoms with Crippen molar-refractivity contribution in [1.82, 2.24) is 0 Å². The molecular weight excluding hydrogens is 1150 g/mol. The van der Waals surface area contributed by atoms with E-state index in [1.165, 1.54) is 141 Å². The topological polar surface area (TPSA) is 231 Å². The van der Waals surface area contributed by atoms with Gasteiger partial charge >= 0.3 is 33.6 Å². The summed E-state index contributed by atoms with van der Waals surface area (Å²) in [7, 11) is -9.76. The van der Waals surface area contributed by atoms with E-state index in [0.717, 1.165) is 103 Å². The van der Waals surface area contributed by atoms with Crippen molar-refractivity contribution in [3.8, 4) is 0 Å². The van der Waals surface area contributed by atoms with Gasteiger partial charge in [0.25, 0.3) is 0 Å². The second-order valence-corrected chi connectivity index (χ2v) is 26.2. The Bertz CT molecular complexity index is 1840. The number of rotatable bonds is 66. The Balaban J connectivity index is 4.41. The minimum absolute atomic E-state index is 0.0988. The van der Waals surface area contributed by atoms with E-state index in [-0.39, 0.29) is 19.3 Å². The van der Waals surface area contributed by atoms with Crippen LogP contribution in [0.25, 0.3) is 0 Å². The third kappa shape index (κ3) is 64.6. The number of aliphatic hydroxyl groups excluding tert-OH is 2. The standard InChI is InChI=1S/C69H126O16P2/c1-4-7-10-13-16-19-22-24-25-26-27-28-29-30-31-32-33-34-35-36-37-39-42-43-46-49-52-55-67(72)79-58-64(70)59-81-86(75,76)82-60-65(71)61-83-87(77,78)84-63-66(85-69(74)57-54-51-48-45-40-21-18-15-12-9-6-3)62-80-68(73)56-53-50-47-44-41-38-23-20-17-14-11-8-5-2/h15-16,18-19,24-25,27-28,30-31,64-66,70-71H,4-14,17,20-23,26,29,32-63H2,1-3H3,(H,75,76)(H,77,78)/b18-15-,19-16-,25-24-,28-27-,31-30-. The maximum atomic E-state index is 12.8. The van der Waals surface area contributed by atoms with Crippen molar-refractivity contribution in [1.29, 1.82) is 0 Å². The van der Waals surface area contributed by atoms with Gasteiger partial charge in [-0.05, 0) is 83.5 Å². The number of unbranched alkanes of at least 4 members (excludes halogenated alkanes) is 33. The highest BCUT2D eigenvalue weighted by Crippen LogP contribution is 2.45. The first-order valence-electron chi connectivity index (χ1n) is 34.6. The lowest BCUT2D eigenvalue weighted by Gasteiger charge is -2.21. The summed E-state index contributed by atoms with van der Waals surface area (Å²) in [4.78, 5) is 58.2. The maximum absolute atomic E-state index is 12.8. The van der Waals surface area contributed by atoms with E-state index < -0.39 is 91.5 Å². The summed E-state index contributed by atoms with van der Waals surface area (Å²) in [5, 5.41) is 20.5. The van der Waals surface area contributed by atoms with Gasteiger partial charge in [0.15, 0.2) is 6.10 Å². The first-order chi connectivity index (χ1) is 42.2. The number of phosphoric ester groups is 2. The van der Waals surface area contributed by atoms with Gasteiger partial charge < -0.3 is 34.2 Å². The molecule has 0 radical (unpaired) electrons. The quantitative estimate of drug-likeness (QED) is 0.0146. The van der Waals surface area contributed by atoms with Crippen LogP contribution >= 0.6 is 15.6 Å². The van der Waals surface area contributed by atoms with Crippen LogP contribution in [0.1, 0.15) is 303 Å². The summed E-state index contributed by atoms with van der Waals surface area (Å²) >= 11 is 0. The highest BCUT2D eigenvalue weighted by atomic mass is 31.2. The Morgan fingerprint density at radius 3 is 0.977 bits per heavy atom. The van der Waals surface area contributed by atoms with Crippen molar-refractivity contribution in [3.63, 3.8) is 0 Å². The number of ether oxygens (including phenoxy) is 3. The Kier molecular flexibility index (Phi) is 61.4. The maximum Gasteiger partial charge on any atom is 0.472 e. The van der Waals surface area contributed by atoms with Crippen LogP contribution in [-0.4, -0.2) is 95.9 Å². The van der Waals surface area contributed by atoms with Crippen LogP contribution < -0.4 is 0 Å². The van der Waals surface area contributed by atoms with Crippen molar-refractivity contribution < 1.29 is 75.8 Å². The van der Waals surface area contributed by atoms with E-state index in [4.69, 9.17) is 32.3 Å². The lowest BCUT2D eigenvalue weighted by Crippen LogP contribution is -2.30. The third-order valence-electron chi connectivity index (χ3n) is 14.7. The molecule has 0 aromatic heterocycles. The summed E-state index contributed by atoms with van der Waals surface area (Å²) in [6, 6.07) is 0. The number of hydrogen-bond donors (Lipinski definition) is 4. The fourth-order valence-corrected chi connectivity index (χ4v) is 10.9. The molecular formula is C69H126O16P2. The van der Waals surface area contributed by atoms with Crippen LogP contribution in [0.15, 0.2) is 60.8 Å². The molecule has 5 unspecified atom stereocenters. The molecule has 0 amide bonds. The number of phosphoric acid groups is 2. The molecule has 0 aromatic rings. The van der Waals surface area contributed by atoms with Gasteiger partial charge in [-0.3, -0.25) is 32.5 Å². The lowest BCUT2D eigenvalue weighted by atomic mass is 10.0. The number of carbonyl (C=O) groups is 3. The van der Waals surface area contributed by atoms with Gasteiger partial charge in [-0.1, -0.05) is 261 Å². The molecule has 16 nitrogen and oxygen atoms in total. The van der Waals surface area contributed by atoms with E-state index in [1.54, 1.807) is 0 Å². The first-order valence-corrected chi connectivity index (χ1v) is 37.6. The number of carbonyl (C=O) groups excluding carboxylic acids is 3. The minimum Gasteiger partial charge on any atom is -0.463 e. The molecule has 0 saturated heterocycles. The molecule has 0 heterocycles. The number of allylic oxidation sites excluding steroid dienone is 10. The van der Waals surface area contributed by atoms with Crippen molar-refractivity contribution in [2.24, 2.45) is 0 Å². The van der Waals surface area contributed by atoms with Gasteiger partial charge in [0, 0.05) is 19.3 Å². The molecule has 0 saturated carbocycles. The molecule has 0 aliphatic rings. The second kappa shape index (κ2) is 63.4. The smallest absolute Gasteiger partial charge is 0.463 e. The van der Waals surface area contributed by atoms with Gasteiger partial charge in [0.1, 0.15) is 25.4 Å². The molecule has 0 fully saturated rings. The van der Waals surface area contributed by atoms with Crippen LogP contribution in [-0.2, 0) is 55.8 Å². The van der Waals surface area contributed by atoms with Gasteiger partial charge in [-0.2, -0.15) is 0 Å². The number of aliphatic hydroxyl groups is 2. The largest absolute Gasteiger partial charge is 0.472 e. The molecule has 18 heteroatoms. The van der Waals surface area contributed by atoms with Crippen LogP contribution in [0.3, 0.4) is 0 Å². The fraction of sp³-hybridized carbons (Fsp3) is 0.812. The zero-order valence-corrected chi connectivity index (χ0v) is 56.7.